The van der Waals surface area contributed by atoms with Crippen molar-refractivity contribution in [2.24, 2.45) is 5.92 Å². The smallest absolute Gasteiger partial charge is 0.462 e. The molecule has 52 heavy (non-hydrogen) atoms. The Morgan fingerprint density at radius 3 is 1.65 bits per heavy atom. The van der Waals surface area contributed by atoms with Crippen LogP contribution >= 0.6 is 7.82 Å². The third kappa shape index (κ3) is 38.9. The van der Waals surface area contributed by atoms with Gasteiger partial charge in [0, 0.05) is 12.8 Å². The molecule has 0 aromatic carbocycles. The van der Waals surface area contributed by atoms with Crippen LogP contribution in [0.2, 0.25) is 0 Å². The van der Waals surface area contributed by atoms with Crippen molar-refractivity contribution in [1.82, 2.24) is 0 Å². The molecule has 0 rings (SSSR count). The summed E-state index contributed by atoms with van der Waals surface area (Å²) < 4.78 is 26.2. The van der Waals surface area contributed by atoms with Gasteiger partial charge < -0.3 is 24.4 Å². The summed E-state index contributed by atoms with van der Waals surface area (Å²) in [7, 11) is -4.81. The lowest BCUT2D eigenvalue weighted by atomic mass is 10.0. The molecule has 0 aliphatic heterocycles. The van der Waals surface area contributed by atoms with Gasteiger partial charge in [-0.15, -0.1) is 0 Å². The Balaban J connectivity index is 4.14. The molecule has 0 aliphatic rings. The van der Waals surface area contributed by atoms with E-state index in [2.05, 4.69) is 61.8 Å². The molecule has 0 aromatic rings. The Bertz CT molecular complexity index is 1060. The molecule has 0 amide bonds. The molecule has 0 saturated heterocycles. The van der Waals surface area contributed by atoms with Crippen LogP contribution in [-0.2, 0) is 28.2 Å². The summed E-state index contributed by atoms with van der Waals surface area (Å²) in [5.41, 5.74) is 0. The van der Waals surface area contributed by atoms with Gasteiger partial charge >= 0.3 is 19.8 Å². The zero-order valence-corrected chi connectivity index (χ0v) is 33.6. The van der Waals surface area contributed by atoms with Crippen LogP contribution < -0.4 is 0 Å². The normalized spacial score (nSPS) is 13.8. The van der Waals surface area contributed by atoms with Gasteiger partial charge in [0.2, 0.25) is 0 Å². The third-order valence-electron chi connectivity index (χ3n) is 8.33. The highest BCUT2D eigenvalue weighted by Crippen LogP contribution is 2.36. The molecule has 0 fully saturated rings. The minimum atomic E-state index is -4.81. The number of rotatable bonds is 35. The Morgan fingerprint density at radius 2 is 1.12 bits per heavy atom. The van der Waals surface area contributed by atoms with Crippen LogP contribution in [0.25, 0.3) is 0 Å². The number of aliphatic hydroxyl groups excluding tert-OH is 1. The van der Waals surface area contributed by atoms with E-state index in [-0.39, 0.29) is 19.4 Å². The molecule has 10 heteroatoms. The summed E-state index contributed by atoms with van der Waals surface area (Å²) in [6.45, 7) is 5.73. The van der Waals surface area contributed by atoms with E-state index in [1.807, 2.05) is 12.2 Å². The molecular formula is C42H73O9P. The number of unbranched alkanes of at least 4 members (excludes halogenated alkanes) is 12. The highest BCUT2D eigenvalue weighted by molar-refractivity contribution is 7.46. The number of allylic oxidation sites excluding steroid dienone is 9. The topological polar surface area (TPSA) is 140 Å². The highest BCUT2D eigenvalue weighted by atomic mass is 31.2. The number of hydrogen-bond acceptors (Lipinski definition) is 7. The maximum Gasteiger partial charge on any atom is 0.469 e. The van der Waals surface area contributed by atoms with Crippen LogP contribution in [-0.4, -0.2) is 52.3 Å². The van der Waals surface area contributed by atoms with Crippen molar-refractivity contribution < 1.29 is 43.0 Å². The predicted octanol–water partition coefficient (Wildman–Crippen LogP) is 11.0. The minimum Gasteiger partial charge on any atom is -0.462 e. The van der Waals surface area contributed by atoms with Gasteiger partial charge in [-0.05, 0) is 50.9 Å². The second kappa shape index (κ2) is 35.7. The van der Waals surface area contributed by atoms with Crippen LogP contribution in [0.3, 0.4) is 0 Å². The molecule has 1 unspecified atom stereocenters. The minimum absolute atomic E-state index is 0.0200. The lowest BCUT2D eigenvalue weighted by molar-refractivity contribution is -0.161. The van der Waals surface area contributed by atoms with Crippen molar-refractivity contribution in [2.45, 2.75) is 174 Å². The molecule has 2 atom stereocenters. The van der Waals surface area contributed by atoms with Crippen molar-refractivity contribution in [1.29, 1.82) is 0 Å². The summed E-state index contributed by atoms with van der Waals surface area (Å²) in [5, 5.41) is 10.2. The summed E-state index contributed by atoms with van der Waals surface area (Å²) in [5.74, 6) is -0.275. The van der Waals surface area contributed by atoms with Crippen LogP contribution in [0, 0.1) is 5.92 Å². The van der Waals surface area contributed by atoms with Crippen molar-refractivity contribution in [3.8, 4) is 0 Å². The fourth-order valence-electron chi connectivity index (χ4n) is 5.35. The molecule has 0 spiro atoms. The number of phosphoric acid groups is 1. The second-order valence-corrected chi connectivity index (χ2v) is 15.2. The Labute approximate surface area is 316 Å². The van der Waals surface area contributed by atoms with Gasteiger partial charge in [-0.2, -0.15) is 0 Å². The number of phosphoric ester groups is 1. The molecule has 0 heterocycles. The fourth-order valence-corrected chi connectivity index (χ4v) is 5.71. The van der Waals surface area contributed by atoms with Gasteiger partial charge in [0.05, 0.1) is 12.7 Å². The van der Waals surface area contributed by atoms with Crippen molar-refractivity contribution in [2.75, 3.05) is 13.2 Å². The first-order chi connectivity index (χ1) is 25.0. The Kier molecular flexibility index (Phi) is 34.2. The van der Waals surface area contributed by atoms with E-state index in [0.717, 1.165) is 50.9 Å². The maximum absolute atomic E-state index is 12.4. The maximum atomic E-state index is 12.4. The van der Waals surface area contributed by atoms with Gasteiger partial charge in [-0.1, -0.05) is 165 Å². The zero-order valence-electron chi connectivity index (χ0n) is 32.7. The van der Waals surface area contributed by atoms with E-state index in [0.29, 0.717) is 19.3 Å². The summed E-state index contributed by atoms with van der Waals surface area (Å²) in [6.07, 6.45) is 39.8. The largest absolute Gasteiger partial charge is 0.469 e. The summed E-state index contributed by atoms with van der Waals surface area (Å²) in [4.78, 5) is 42.8. The van der Waals surface area contributed by atoms with Gasteiger partial charge in [-0.3, -0.25) is 14.1 Å². The number of carbonyl (C=O) groups is 2. The zero-order chi connectivity index (χ0) is 38.5. The van der Waals surface area contributed by atoms with Gasteiger partial charge in [0.1, 0.15) is 6.61 Å². The molecular weight excluding hydrogens is 679 g/mol. The fraction of sp³-hybridized carbons (Fsp3) is 0.714. The molecule has 0 radical (unpaired) electrons. The van der Waals surface area contributed by atoms with Crippen molar-refractivity contribution in [3.05, 3.63) is 60.8 Å². The van der Waals surface area contributed by atoms with E-state index in [1.165, 1.54) is 64.2 Å². The first-order valence-electron chi connectivity index (χ1n) is 20.0. The van der Waals surface area contributed by atoms with Crippen LogP contribution in [0.4, 0.5) is 0 Å². The highest BCUT2D eigenvalue weighted by Gasteiger charge is 2.23. The lowest BCUT2D eigenvalue weighted by Gasteiger charge is -2.18. The molecule has 0 bridgehead atoms. The second-order valence-electron chi connectivity index (χ2n) is 13.9. The lowest BCUT2D eigenvalue weighted by Crippen LogP contribution is -2.29. The van der Waals surface area contributed by atoms with Crippen LogP contribution in [0.15, 0.2) is 60.8 Å². The number of carbonyl (C=O) groups excluding carboxylic acids is 2. The average molecular weight is 753 g/mol. The van der Waals surface area contributed by atoms with E-state index in [1.54, 1.807) is 12.2 Å². The number of esters is 2. The Hall–Kier alpha value is -2.29. The SMILES string of the molecule is CC/C=C\C/C=C\C/C=C\C/C=C\C=C\C(O)CCCC(=O)O[C@H](COC(=O)CCCCCCCCCCCCCCCC(C)C)COP(=O)(O)O. The summed E-state index contributed by atoms with van der Waals surface area (Å²) in [6, 6.07) is 0. The molecule has 0 aromatic heterocycles. The standard InChI is InChI=1S/C42H73O9P/c1-4-5-6-7-8-9-10-12-16-19-22-25-28-32-39(43)33-30-35-42(45)51-40(37-50-52(46,47)48)36-49-41(44)34-29-26-23-20-17-14-11-13-15-18-21-24-27-31-38(2)3/h5-6,8-9,12,16,22,25,28,32,38-40,43H,4,7,10-11,13-15,17-21,23-24,26-27,29-31,33-37H2,1-3H3,(H2,46,47,48)/b6-5-,9-8-,16-12-,25-22-,32-28+/t39?,40-/m1/s1. The molecule has 9 nitrogen and oxygen atoms in total. The number of aliphatic hydroxyl groups is 1. The molecule has 0 saturated carbocycles. The van der Waals surface area contributed by atoms with Crippen LogP contribution in [0.1, 0.15) is 162 Å². The van der Waals surface area contributed by atoms with Gasteiger partial charge in [0.15, 0.2) is 6.10 Å². The predicted molar refractivity (Wildman–Crippen MR) is 213 cm³/mol. The van der Waals surface area contributed by atoms with Crippen LogP contribution in [0.5, 0.6) is 0 Å². The Morgan fingerprint density at radius 1 is 0.615 bits per heavy atom. The van der Waals surface area contributed by atoms with Gasteiger partial charge in [0.25, 0.3) is 0 Å². The van der Waals surface area contributed by atoms with Gasteiger partial charge in [-0.25, -0.2) is 4.57 Å². The quantitative estimate of drug-likeness (QED) is 0.0190. The van der Waals surface area contributed by atoms with Crippen molar-refractivity contribution in [3.63, 3.8) is 0 Å². The third-order valence-corrected chi connectivity index (χ3v) is 8.82. The average Bonchev–Trinajstić information content (AvgIpc) is 3.09. The molecule has 3 N–H and O–H groups in total. The van der Waals surface area contributed by atoms with E-state index < -0.39 is 38.6 Å². The summed E-state index contributed by atoms with van der Waals surface area (Å²) >= 11 is 0. The first kappa shape index (κ1) is 49.7. The first-order valence-corrected chi connectivity index (χ1v) is 21.6. The van der Waals surface area contributed by atoms with E-state index in [9.17, 15) is 19.3 Å². The van der Waals surface area contributed by atoms with Crippen molar-refractivity contribution >= 4 is 19.8 Å². The van der Waals surface area contributed by atoms with E-state index >= 15 is 0 Å². The monoisotopic (exact) mass is 752 g/mol. The number of hydrogen-bond donors (Lipinski definition) is 3. The van der Waals surface area contributed by atoms with E-state index in [4.69, 9.17) is 19.3 Å². The molecule has 300 valence electrons. The molecule has 0 aliphatic carbocycles. The number of ether oxygens (including phenoxy) is 2.